The number of nitriles is 1. The van der Waals surface area contributed by atoms with E-state index in [9.17, 15) is 14.3 Å². The predicted molar refractivity (Wildman–Crippen MR) is 137 cm³/mol. The lowest BCUT2D eigenvalue weighted by Crippen LogP contribution is -2.33. The second-order valence-electron chi connectivity index (χ2n) is 10.1. The SMILES string of the molecule is C[C@]1(c2cc(O)c(C#N)c(F)c2)C(=O)Nc2nc(-c3cn4ccnc4c(CC4CCCCC4)n3)nc(N)c21. The quantitative estimate of drug-likeness (QED) is 0.372. The maximum atomic E-state index is 14.5. The van der Waals surface area contributed by atoms with Gasteiger partial charge in [-0.25, -0.2) is 24.3 Å². The Morgan fingerprint density at radius 1 is 1.26 bits per heavy atom. The minimum atomic E-state index is -1.49. The number of halogens is 1. The number of hydrogen-bond acceptors (Lipinski definition) is 8. The standard InChI is InChI=1S/C27H25FN8O2/c1-27(15-10-17(28)16(12-29)20(37)11-15)21-22(30)33-23(34-24(21)35-26(27)38)19-13-36-8-7-31-25(36)18(32-19)9-14-5-3-2-4-6-14/h7-8,10-11,13-14,37H,2-6,9H2,1H3,(H3,30,33,34,35,38)/t27-/m1/s1. The average Bonchev–Trinajstić information content (AvgIpc) is 3.47. The van der Waals surface area contributed by atoms with Crippen molar-refractivity contribution in [3.8, 4) is 23.3 Å². The highest BCUT2D eigenvalue weighted by Crippen LogP contribution is 2.46. The van der Waals surface area contributed by atoms with Gasteiger partial charge in [0.2, 0.25) is 5.91 Å². The van der Waals surface area contributed by atoms with E-state index in [1.807, 2.05) is 10.6 Å². The van der Waals surface area contributed by atoms with Gasteiger partial charge < -0.3 is 20.6 Å². The number of hydrogen-bond donors (Lipinski definition) is 3. The molecule has 4 aromatic rings. The van der Waals surface area contributed by atoms with Crippen molar-refractivity contribution in [3.05, 3.63) is 58.9 Å². The largest absolute Gasteiger partial charge is 0.506 e. The summed E-state index contributed by atoms with van der Waals surface area (Å²) in [5.41, 5.74) is 6.94. The van der Waals surface area contributed by atoms with Gasteiger partial charge in [-0.05, 0) is 37.0 Å². The fourth-order valence-corrected chi connectivity index (χ4v) is 5.70. The number of nitrogen functional groups attached to an aromatic ring is 1. The first-order valence-electron chi connectivity index (χ1n) is 12.5. The Morgan fingerprint density at radius 3 is 2.79 bits per heavy atom. The lowest BCUT2D eigenvalue weighted by molar-refractivity contribution is -0.119. The van der Waals surface area contributed by atoms with Crippen molar-refractivity contribution in [2.24, 2.45) is 5.92 Å². The number of aromatic hydroxyl groups is 1. The first-order valence-corrected chi connectivity index (χ1v) is 12.5. The van der Waals surface area contributed by atoms with Crippen LogP contribution in [0, 0.1) is 23.1 Å². The molecule has 1 atom stereocenters. The van der Waals surface area contributed by atoms with E-state index in [-0.39, 0.29) is 28.6 Å². The highest BCUT2D eigenvalue weighted by Gasteiger charge is 2.48. The summed E-state index contributed by atoms with van der Waals surface area (Å²) in [7, 11) is 0. The summed E-state index contributed by atoms with van der Waals surface area (Å²) in [6.45, 7) is 1.55. The number of nitrogens with two attached hydrogens (primary N) is 1. The summed E-state index contributed by atoms with van der Waals surface area (Å²) in [5.74, 6) is -1.02. The molecule has 1 fully saturated rings. The Morgan fingerprint density at radius 2 is 2.05 bits per heavy atom. The van der Waals surface area contributed by atoms with E-state index in [1.165, 1.54) is 25.3 Å². The number of imidazole rings is 1. The summed E-state index contributed by atoms with van der Waals surface area (Å²) in [4.78, 5) is 31.7. The molecule has 10 nitrogen and oxygen atoms in total. The summed E-state index contributed by atoms with van der Waals surface area (Å²) in [5, 5.41) is 22.0. The van der Waals surface area contributed by atoms with Crippen LogP contribution in [0.15, 0.2) is 30.7 Å². The first kappa shape index (κ1) is 23.8. The molecule has 0 unspecified atom stereocenters. The molecular formula is C27H25FN8O2. The predicted octanol–water partition coefficient (Wildman–Crippen LogP) is 3.87. The van der Waals surface area contributed by atoms with Crippen LogP contribution < -0.4 is 11.1 Å². The van der Waals surface area contributed by atoms with E-state index in [0.29, 0.717) is 11.6 Å². The maximum absolute atomic E-state index is 14.5. The van der Waals surface area contributed by atoms with Crippen molar-refractivity contribution < 1.29 is 14.3 Å². The third-order valence-electron chi connectivity index (χ3n) is 7.76. The fraction of sp³-hybridized carbons (Fsp3) is 0.333. The van der Waals surface area contributed by atoms with Crippen molar-refractivity contribution in [2.45, 2.75) is 50.9 Å². The van der Waals surface area contributed by atoms with Gasteiger partial charge >= 0.3 is 0 Å². The minimum absolute atomic E-state index is 0.0245. The maximum Gasteiger partial charge on any atom is 0.240 e. The minimum Gasteiger partial charge on any atom is -0.506 e. The van der Waals surface area contributed by atoms with Crippen molar-refractivity contribution in [1.82, 2.24) is 24.3 Å². The summed E-state index contributed by atoms with van der Waals surface area (Å²) < 4.78 is 16.4. The van der Waals surface area contributed by atoms with Gasteiger partial charge in [0.25, 0.3) is 0 Å². The number of aromatic nitrogens is 5. The van der Waals surface area contributed by atoms with E-state index in [1.54, 1.807) is 25.4 Å². The van der Waals surface area contributed by atoms with Crippen LogP contribution in [-0.2, 0) is 16.6 Å². The molecule has 0 bridgehead atoms. The second-order valence-corrected chi connectivity index (χ2v) is 10.1. The molecule has 0 spiro atoms. The normalized spacial score (nSPS) is 19.3. The van der Waals surface area contributed by atoms with Crippen LogP contribution >= 0.6 is 0 Å². The number of phenols is 1. The number of carbonyl (C=O) groups is 1. The second kappa shape index (κ2) is 8.76. The molecule has 1 saturated carbocycles. The highest BCUT2D eigenvalue weighted by molar-refractivity contribution is 6.09. The van der Waals surface area contributed by atoms with Crippen LogP contribution in [0.3, 0.4) is 0 Å². The van der Waals surface area contributed by atoms with E-state index in [0.717, 1.165) is 36.7 Å². The van der Waals surface area contributed by atoms with Gasteiger partial charge in [0.1, 0.15) is 45.9 Å². The Balaban J connectivity index is 1.44. The average molecular weight is 513 g/mol. The van der Waals surface area contributed by atoms with Gasteiger partial charge in [0, 0.05) is 18.6 Å². The van der Waals surface area contributed by atoms with Crippen LogP contribution in [0.4, 0.5) is 16.0 Å². The van der Waals surface area contributed by atoms with E-state index < -0.39 is 28.5 Å². The number of fused-ring (bicyclic) bond motifs is 2. The molecule has 0 saturated heterocycles. The monoisotopic (exact) mass is 512 g/mol. The number of amides is 1. The number of phenolic OH excluding ortho intramolecular Hbond substituents is 1. The van der Waals surface area contributed by atoms with Gasteiger partial charge in [0.05, 0.1) is 11.3 Å². The molecule has 4 N–H and O–H groups in total. The molecular weight excluding hydrogens is 487 g/mol. The summed E-state index contributed by atoms with van der Waals surface area (Å²) in [6, 6.07) is 3.85. The number of nitrogens with zero attached hydrogens (tertiary/aromatic N) is 6. The fourth-order valence-electron chi connectivity index (χ4n) is 5.70. The molecule has 2 aliphatic rings. The van der Waals surface area contributed by atoms with E-state index >= 15 is 0 Å². The van der Waals surface area contributed by atoms with Crippen LogP contribution in [0.2, 0.25) is 0 Å². The molecule has 1 aliphatic heterocycles. The van der Waals surface area contributed by atoms with Crippen LogP contribution in [-0.4, -0.2) is 35.4 Å². The third-order valence-corrected chi connectivity index (χ3v) is 7.76. The van der Waals surface area contributed by atoms with Crippen molar-refractivity contribution in [1.29, 1.82) is 5.26 Å². The van der Waals surface area contributed by atoms with Crippen LogP contribution in [0.25, 0.3) is 17.2 Å². The molecule has 38 heavy (non-hydrogen) atoms. The number of benzene rings is 1. The zero-order valence-electron chi connectivity index (χ0n) is 20.7. The van der Waals surface area contributed by atoms with Crippen LogP contribution in [0.5, 0.6) is 5.75 Å². The van der Waals surface area contributed by atoms with Crippen molar-refractivity contribution in [3.63, 3.8) is 0 Å². The van der Waals surface area contributed by atoms with E-state index in [4.69, 9.17) is 16.0 Å². The molecule has 6 rings (SSSR count). The van der Waals surface area contributed by atoms with Crippen LogP contribution in [0.1, 0.15) is 61.4 Å². The Kier molecular flexibility index (Phi) is 5.48. The molecule has 11 heteroatoms. The van der Waals surface area contributed by atoms with Crippen molar-refractivity contribution >= 4 is 23.2 Å². The molecule has 192 valence electrons. The summed E-state index contributed by atoms with van der Waals surface area (Å²) in [6.07, 6.45) is 12.2. The third kappa shape index (κ3) is 3.63. The zero-order valence-corrected chi connectivity index (χ0v) is 20.7. The number of nitrogens with one attached hydrogen (secondary N) is 1. The Bertz CT molecular complexity index is 1630. The summed E-state index contributed by atoms with van der Waals surface area (Å²) >= 11 is 0. The first-order chi connectivity index (χ1) is 18.3. The smallest absolute Gasteiger partial charge is 0.240 e. The molecule has 1 aromatic carbocycles. The Labute approximate surface area is 217 Å². The van der Waals surface area contributed by atoms with E-state index in [2.05, 4.69) is 20.3 Å². The highest BCUT2D eigenvalue weighted by atomic mass is 19.1. The molecule has 1 amide bonds. The lowest BCUT2D eigenvalue weighted by Gasteiger charge is -2.24. The number of carbonyl (C=O) groups excluding carboxylic acids is 1. The molecule has 0 radical (unpaired) electrons. The van der Waals surface area contributed by atoms with Gasteiger partial charge in [-0.1, -0.05) is 32.1 Å². The number of anilines is 2. The van der Waals surface area contributed by atoms with Crippen molar-refractivity contribution in [2.75, 3.05) is 11.1 Å². The zero-order chi connectivity index (χ0) is 26.6. The van der Waals surface area contributed by atoms with Gasteiger partial charge in [0.15, 0.2) is 11.5 Å². The topological polar surface area (TPSA) is 155 Å². The lowest BCUT2D eigenvalue weighted by atomic mass is 9.77. The number of rotatable bonds is 4. The van der Waals surface area contributed by atoms with Gasteiger partial charge in [-0.2, -0.15) is 5.26 Å². The van der Waals surface area contributed by atoms with Gasteiger partial charge in [-0.3, -0.25) is 4.79 Å². The van der Waals surface area contributed by atoms with Gasteiger partial charge in [-0.15, -0.1) is 0 Å². The molecule has 4 heterocycles. The molecule has 1 aliphatic carbocycles. The molecule has 3 aromatic heterocycles. The Hall–Kier alpha value is -4.59.